The minimum absolute atomic E-state index is 0.0945. The molecule has 258 valence electrons. The molecule has 3 aromatic rings. The molecule has 1 saturated heterocycles. The number of hydrogen-bond acceptors (Lipinski definition) is 7. The fourth-order valence-corrected chi connectivity index (χ4v) is 7.51. The Balaban J connectivity index is 1.14. The zero-order chi connectivity index (χ0) is 33.8. The van der Waals surface area contributed by atoms with E-state index in [0.717, 1.165) is 42.6 Å². The summed E-state index contributed by atoms with van der Waals surface area (Å²) in [6.07, 6.45) is 12.5. The normalized spacial score (nSPS) is 23.1. The minimum atomic E-state index is -0.276. The van der Waals surface area contributed by atoms with Crippen LogP contribution in [0.15, 0.2) is 48.9 Å². The molecule has 0 N–H and O–H groups in total. The van der Waals surface area contributed by atoms with Crippen molar-refractivity contribution in [2.75, 3.05) is 38.8 Å². The second-order valence-electron chi connectivity index (χ2n) is 14.2. The van der Waals surface area contributed by atoms with Crippen LogP contribution >= 0.6 is 0 Å². The predicted molar refractivity (Wildman–Crippen MR) is 185 cm³/mol. The van der Waals surface area contributed by atoms with E-state index in [-0.39, 0.29) is 36.2 Å². The first-order chi connectivity index (χ1) is 23.2. The van der Waals surface area contributed by atoms with Gasteiger partial charge in [0, 0.05) is 43.6 Å². The Bertz CT molecular complexity index is 1550. The number of aromatic nitrogens is 3. The van der Waals surface area contributed by atoms with Gasteiger partial charge in [0.15, 0.2) is 0 Å². The summed E-state index contributed by atoms with van der Waals surface area (Å²) in [5.41, 5.74) is 4.56. The first-order valence-corrected chi connectivity index (χ1v) is 17.7. The molecule has 0 atom stereocenters. The number of rotatable bonds is 10. The average molecular weight is 658 g/mol. The van der Waals surface area contributed by atoms with Crippen molar-refractivity contribution in [3.05, 3.63) is 60.0 Å². The van der Waals surface area contributed by atoms with Gasteiger partial charge in [-0.3, -0.25) is 14.4 Å². The zero-order valence-electron chi connectivity index (χ0n) is 29.1. The number of likely N-dealkylation sites (tertiary alicyclic amines) is 1. The van der Waals surface area contributed by atoms with Crippen molar-refractivity contribution >= 4 is 17.8 Å². The van der Waals surface area contributed by atoms with E-state index in [0.29, 0.717) is 63.0 Å². The van der Waals surface area contributed by atoms with Gasteiger partial charge in [0.2, 0.25) is 5.91 Å². The maximum atomic E-state index is 14.4. The van der Waals surface area contributed by atoms with Crippen LogP contribution in [-0.2, 0) is 14.3 Å². The Kier molecular flexibility index (Phi) is 10.7. The summed E-state index contributed by atoms with van der Waals surface area (Å²) in [6, 6.07) is 10.8. The van der Waals surface area contributed by atoms with E-state index in [9.17, 15) is 9.59 Å². The van der Waals surface area contributed by atoms with E-state index in [1.165, 1.54) is 11.1 Å². The molecule has 3 aliphatic rings. The molecule has 6 rings (SSSR count). The molecule has 10 heteroatoms. The van der Waals surface area contributed by atoms with Gasteiger partial charge in [-0.1, -0.05) is 12.1 Å². The number of carbonyl (C=O) groups excluding carboxylic acids is 2. The molecule has 2 aromatic heterocycles. The number of ether oxygens (including phenoxy) is 3. The van der Waals surface area contributed by atoms with Gasteiger partial charge >= 0.3 is 6.09 Å². The van der Waals surface area contributed by atoms with Crippen LogP contribution in [0.1, 0.15) is 88.3 Å². The molecule has 1 aromatic carbocycles. The number of aryl methyl sites for hydroxylation is 1. The van der Waals surface area contributed by atoms with Crippen LogP contribution in [0.2, 0.25) is 0 Å². The predicted octanol–water partition coefficient (Wildman–Crippen LogP) is 7.18. The summed E-state index contributed by atoms with van der Waals surface area (Å²) >= 11 is 0. The molecule has 2 aliphatic carbocycles. The lowest BCUT2D eigenvalue weighted by molar-refractivity contribution is -0.124. The molecular formula is C38H51N5O5. The maximum Gasteiger partial charge on any atom is 0.410 e. The monoisotopic (exact) mass is 657 g/mol. The lowest BCUT2D eigenvalue weighted by atomic mass is 9.78. The van der Waals surface area contributed by atoms with Crippen molar-refractivity contribution in [2.24, 2.45) is 11.8 Å². The second kappa shape index (κ2) is 15.1. The highest BCUT2D eigenvalue weighted by atomic mass is 16.6. The number of hydrogen-bond donors (Lipinski definition) is 0. The summed E-state index contributed by atoms with van der Waals surface area (Å²) < 4.78 is 18.5. The molecule has 0 bridgehead atoms. The van der Waals surface area contributed by atoms with Crippen LogP contribution in [-0.4, -0.2) is 77.7 Å². The van der Waals surface area contributed by atoms with Crippen molar-refractivity contribution in [3.8, 4) is 16.9 Å². The van der Waals surface area contributed by atoms with Gasteiger partial charge in [0.05, 0.1) is 32.5 Å². The first kappa shape index (κ1) is 34.0. The van der Waals surface area contributed by atoms with Crippen molar-refractivity contribution in [3.63, 3.8) is 0 Å². The standard InChI is InChI=1S/C38H51N5O5/c1-25(2)43-22-32(20-40-43)31-16-17-39-36(19-31)42(21-27-6-8-28(9-7-27)30-12-15-35(47-5)26(3)18-30)37(44)29-10-13-33(14-11-29)48-38(45)41-23-34(24-41)46-4/h12,15-20,22,25,27-29,33-34H,6-11,13-14,21,23-24H2,1-5H3. The van der Waals surface area contributed by atoms with Gasteiger partial charge in [0.1, 0.15) is 17.7 Å². The zero-order valence-corrected chi connectivity index (χ0v) is 29.1. The Morgan fingerprint density at radius 3 is 2.33 bits per heavy atom. The van der Waals surface area contributed by atoms with Gasteiger partial charge in [-0.2, -0.15) is 5.10 Å². The van der Waals surface area contributed by atoms with Gasteiger partial charge in [-0.05, 0) is 119 Å². The third-order valence-electron chi connectivity index (χ3n) is 10.7. The maximum absolute atomic E-state index is 14.4. The van der Waals surface area contributed by atoms with E-state index in [1.807, 2.05) is 27.9 Å². The van der Waals surface area contributed by atoms with Crippen LogP contribution in [0.5, 0.6) is 5.75 Å². The molecule has 2 amide bonds. The van der Waals surface area contributed by atoms with E-state index in [4.69, 9.17) is 19.2 Å². The van der Waals surface area contributed by atoms with Crippen molar-refractivity contribution in [1.29, 1.82) is 0 Å². The van der Waals surface area contributed by atoms with Crippen LogP contribution in [0.4, 0.5) is 10.6 Å². The van der Waals surface area contributed by atoms with Gasteiger partial charge < -0.3 is 19.1 Å². The highest BCUT2D eigenvalue weighted by Crippen LogP contribution is 2.39. The van der Waals surface area contributed by atoms with Gasteiger partial charge in [-0.15, -0.1) is 0 Å². The summed E-state index contributed by atoms with van der Waals surface area (Å²) in [7, 11) is 3.38. The second-order valence-corrected chi connectivity index (χ2v) is 14.2. The molecule has 48 heavy (non-hydrogen) atoms. The minimum Gasteiger partial charge on any atom is -0.496 e. The highest BCUT2D eigenvalue weighted by molar-refractivity contribution is 5.94. The molecule has 3 heterocycles. The first-order valence-electron chi connectivity index (χ1n) is 17.7. The molecule has 3 fully saturated rings. The fraction of sp³-hybridized carbons (Fsp3) is 0.579. The highest BCUT2D eigenvalue weighted by Gasteiger charge is 2.37. The number of carbonyl (C=O) groups is 2. The Labute approximate surface area is 284 Å². The van der Waals surface area contributed by atoms with E-state index < -0.39 is 0 Å². The van der Waals surface area contributed by atoms with Crippen LogP contribution in [0.3, 0.4) is 0 Å². The van der Waals surface area contributed by atoms with E-state index >= 15 is 0 Å². The number of amides is 2. The van der Waals surface area contributed by atoms with Gasteiger partial charge in [0.25, 0.3) is 0 Å². The third-order valence-corrected chi connectivity index (χ3v) is 10.7. The van der Waals surface area contributed by atoms with Gasteiger partial charge in [-0.25, -0.2) is 9.78 Å². The fourth-order valence-electron chi connectivity index (χ4n) is 7.51. The smallest absolute Gasteiger partial charge is 0.410 e. The van der Waals surface area contributed by atoms with Crippen molar-refractivity contribution in [2.45, 2.75) is 96.3 Å². The number of nitrogens with zero attached hydrogens (tertiary/aromatic N) is 5. The molecule has 0 radical (unpaired) electrons. The Morgan fingerprint density at radius 1 is 0.938 bits per heavy atom. The number of methoxy groups -OCH3 is 2. The molecule has 0 unspecified atom stereocenters. The topological polar surface area (TPSA) is 99.0 Å². The Morgan fingerprint density at radius 2 is 1.69 bits per heavy atom. The number of anilines is 1. The quantitative estimate of drug-likeness (QED) is 0.228. The lowest BCUT2D eigenvalue weighted by Gasteiger charge is -2.39. The molecule has 10 nitrogen and oxygen atoms in total. The summed E-state index contributed by atoms with van der Waals surface area (Å²) in [5.74, 6) is 2.53. The molecule has 1 aliphatic heterocycles. The van der Waals surface area contributed by atoms with Crippen LogP contribution in [0, 0.1) is 18.8 Å². The van der Waals surface area contributed by atoms with Crippen LogP contribution < -0.4 is 9.64 Å². The Hall–Kier alpha value is -3.92. The van der Waals surface area contributed by atoms with E-state index in [2.05, 4.69) is 50.3 Å². The third kappa shape index (κ3) is 7.69. The molecule has 0 spiro atoms. The summed E-state index contributed by atoms with van der Waals surface area (Å²) in [5, 5.41) is 4.53. The molecular weight excluding hydrogens is 606 g/mol. The molecule has 2 saturated carbocycles. The van der Waals surface area contributed by atoms with E-state index in [1.54, 1.807) is 25.3 Å². The summed E-state index contributed by atoms with van der Waals surface area (Å²) in [6.45, 7) is 8.12. The lowest BCUT2D eigenvalue weighted by Crippen LogP contribution is -2.55. The van der Waals surface area contributed by atoms with Crippen molar-refractivity contribution in [1.82, 2.24) is 19.7 Å². The SMILES string of the molecule is COc1ccc(C2CCC(CN(C(=O)C3CCC(OC(=O)N4CC(OC)C4)CC3)c3cc(-c4cnn(C(C)C)c4)ccn3)CC2)cc1C. The number of pyridine rings is 1. The summed E-state index contributed by atoms with van der Waals surface area (Å²) in [4.78, 5) is 35.4. The average Bonchev–Trinajstić information content (AvgIpc) is 3.58. The van der Waals surface area contributed by atoms with Crippen LogP contribution in [0.25, 0.3) is 11.1 Å². The number of benzene rings is 1. The van der Waals surface area contributed by atoms with Crippen molar-refractivity contribution < 1.29 is 23.8 Å². The largest absolute Gasteiger partial charge is 0.496 e.